The molecule has 0 amide bonds. The lowest BCUT2D eigenvalue weighted by molar-refractivity contribution is 0.284. The maximum absolute atomic E-state index is 10.2. The molecule has 0 saturated carbocycles. The molecule has 26 heavy (non-hydrogen) atoms. The number of hydrogen-bond donors (Lipinski definition) is 2. The van der Waals surface area contributed by atoms with Crippen molar-refractivity contribution in [3.8, 4) is 16.9 Å². The van der Waals surface area contributed by atoms with Crippen LogP contribution in [0.2, 0.25) is 0 Å². The van der Waals surface area contributed by atoms with Gasteiger partial charge in [-0.05, 0) is 40.5 Å². The molecule has 0 spiro atoms. The molecule has 138 valence electrons. The van der Waals surface area contributed by atoms with Crippen molar-refractivity contribution < 1.29 is 5.11 Å². The van der Waals surface area contributed by atoms with E-state index in [2.05, 4.69) is 56.1 Å². The van der Waals surface area contributed by atoms with Crippen molar-refractivity contribution in [2.24, 2.45) is 5.41 Å². The van der Waals surface area contributed by atoms with Crippen LogP contribution in [0.5, 0.6) is 5.75 Å². The topological polar surface area (TPSA) is 61.8 Å². The fraction of sp³-hybridized carbons (Fsp3) is 0.364. The van der Waals surface area contributed by atoms with Gasteiger partial charge in [0.1, 0.15) is 5.75 Å². The smallest absolute Gasteiger partial charge is 0.123 e. The summed E-state index contributed by atoms with van der Waals surface area (Å²) in [4.78, 5) is 0. The number of aromatic amines is 1. The lowest BCUT2D eigenvalue weighted by Crippen LogP contribution is -2.24. The molecule has 0 fully saturated rings. The molecule has 0 bridgehead atoms. The van der Waals surface area contributed by atoms with Crippen LogP contribution in [-0.2, 0) is 5.41 Å². The number of rotatable bonds is 3. The largest absolute Gasteiger partial charge is 0.507 e. The Morgan fingerprint density at radius 3 is 2.00 bits per heavy atom. The predicted molar refractivity (Wildman–Crippen MR) is 107 cm³/mol. The summed E-state index contributed by atoms with van der Waals surface area (Å²) >= 11 is 0. The Bertz CT molecular complexity index is 771. The first-order chi connectivity index (χ1) is 12.2. The Hall–Kier alpha value is -2.62. The van der Waals surface area contributed by atoms with E-state index in [1.165, 1.54) is 5.56 Å². The zero-order valence-electron chi connectivity index (χ0n) is 16.3. The third-order valence-corrected chi connectivity index (χ3v) is 4.17. The highest BCUT2D eigenvalue weighted by atomic mass is 16.3. The minimum atomic E-state index is 0.0788. The number of nitrogens with zero attached hydrogens (tertiary/aromatic N) is 2. The van der Waals surface area contributed by atoms with Crippen LogP contribution in [-0.4, -0.2) is 20.5 Å². The third-order valence-electron chi connectivity index (χ3n) is 4.17. The number of benzene rings is 2. The molecule has 1 heterocycles. The fourth-order valence-corrected chi connectivity index (χ4v) is 3.40. The zero-order chi connectivity index (χ0) is 19.2. The molecule has 4 heteroatoms. The van der Waals surface area contributed by atoms with Crippen molar-refractivity contribution in [3.05, 3.63) is 66.5 Å². The minimum Gasteiger partial charge on any atom is -0.507 e. The summed E-state index contributed by atoms with van der Waals surface area (Å²) in [6.07, 6.45) is 4.26. The van der Waals surface area contributed by atoms with Crippen LogP contribution in [0.25, 0.3) is 11.1 Å². The van der Waals surface area contributed by atoms with Crippen LogP contribution in [0, 0.1) is 5.41 Å². The summed E-state index contributed by atoms with van der Waals surface area (Å²) in [6, 6.07) is 16.1. The van der Waals surface area contributed by atoms with E-state index in [-0.39, 0.29) is 10.8 Å². The number of phenols is 1. The van der Waals surface area contributed by atoms with E-state index in [1.807, 2.05) is 42.5 Å². The molecule has 0 atom stereocenters. The second-order valence-electron chi connectivity index (χ2n) is 8.38. The zero-order valence-corrected chi connectivity index (χ0v) is 16.3. The molecule has 1 aromatic heterocycles. The first-order valence-electron chi connectivity index (χ1n) is 8.88. The van der Waals surface area contributed by atoms with Gasteiger partial charge in [0.2, 0.25) is 0 Å². The van der Waals surface area contributed by atoms with Gasteiger partial charge in [0.05, 0.1) is 12.4 Å². The molecular formula is C22H29N3O. The van der Waals surface area contributed by atoms with Crippen LogP contribution in [0.1, 0.15) is 46.6 Å². The lowest BCUT2D eigenvalue weighted by atomic mass is 9.72. The first-order valence-corrected chi connectivity index (χ1v) is 8.88. The molecule has 0 aliphatic heterocycles. The highest BCUT2D eigenvalue weighted by molar-refractivity contribution is 5.71. The maximum Gasteiger partial charge on any atom is 0.123 e. The third kappa shape index (κ3) is 5.73. The SMILES string of the molecule is CC(C)(C)CC(C)(C)c1ccc(O)c(-c2ccccc2)c1.c1cn[nH]n1. The van der Waals surface area contributed by atoms with E-state index in [0.717, 1.165) is 17.5 Å². The van der Waals surface area contributed by atoms with Gasteiger partial charge in [-0.2, -0.15) is 15.4 Å². The van der Waals surface area contributed by atoms with Crippen molar-refractivity contribution in [2.75, 3.05) is 0 Å². The molecule has 3 aromatic rings. The van der Waals surface area contributed by atoms with Crippen molar-refractivity contribution in [3.63, 3.8) is 0 Å². The maximum atomic E-state index is 10.2. The molecule has 0 aliphatic carbocycles. The van der Waals surface area contributed by atoms with Gasteiger partial charge in [0.25, 0.3) is 0 Å². The average molecular weight is 351 g/mol. The molecule has 0 radical (unpaired) electrons. The number of hydrogen-bond acceptors (Lipinski definition) is 3. The van der Waals surface area contributed by atoms with Gasteiger partial charge in [-0.25, -0.2) is 0 Å². The quantitative estimate of drug-likeness (QED) is 0.648. The molecule has 2 aromatic carbocycles. The van der Waals surface area contributed by atoms with Gasteiger partial charge in [0, 0.05) is 5.56 Å². The van der Waals surface area contributed by atoms with E-state index >= 15 is 0 Å². The van der Waals surface area contributed by atoms with Crippen molar-refractivity contribution in [1.82, 2.24) is 15.4 Å². The van der Waals surface area contributed by atoms with E-state index in [4.69, 9.17) is 0 Å². The van der Waals surface area contributed by atoms with Gasteiger partial charge < -0.3 is 5.11 Å². The van der Waals surface area contributed by atoms with Gasteiger partial charge in [0.15, 0.2) is 0 Å². The molecule has 0 saturated heterocycles. The van der Waals surface area contributed by atoms with Crippen LogP contribution in [0.15, 0.2) is 60.9 Å². The van der Waals surface area contributed by atoms with Gasteiger partial charge >= 0.3 is 0 Å². The fourth-order valence-electron chi connectivity index (χ4n) is 3.40. The molecular weight excluding hydrogens is 322 g/mol. The number of nitrogens with one attached hydrogen (secondary N) is 1. The van der Waals surface area contributed by atoms with E-state index < -0.39 is 0 Å². The number of H-pyrrole nitrogens is 1. The van der Waals surface area contributed by atoms with Crippen molar-refractivity contribution in [2.45, 2.75) is 46.5 Å². The monoisotopic (exact) mass is 351 g/mol. The second-order valence-corrected chi connectivity index (χ2v) is 8.38. The van der Waals surface area contributed by atoms with E-state index in [0.29, 0.717) is 5.75 Å². The first kappa shape index (κ1) is 19.7. The average Bonchev–Trinajstić information content (AvgIpc) is 3.13. The normalized spacial score (nSPS) is 11.6. The Kier molecular flexibility index (Phi) is 6.19. The summed E-state index contributed by atoms with van der Waals surface area (Å²) < 4.78 is 0. The highest BCUT2D eigenvalue weighted by Gasteiger charge is 2.27. The molecule has 4 nitrogen and oxygen atoms in total. The molecule has 3 rings (SSSR count). The summed E-state index contributed by atoms with van der Waals surface area (Å²) in [7, 11) is 0. The number of aromatic hydroxyl groups is 1. The minimum absolute atomic E-state index is 0.0788. The van der Waals surface area contributed by atoms with Crippen LogP contribution in [0.3, 0.4) is 0 Å². The van der Waals surface area contributed by atoms with Crippen molar-refractivity contribution in [1.29, 1.82) is 0 Å². The van der Waals surface area contributed by atoms with Crippen LogP contribution >= 0.6 is 0 Å². The number of aromatic nitrogens is 3. The lowest BCUT2D eigenvalue weighted by Gasteiger charge is -2.33. The van der Waals surface area contributed by atoms with Crippen LogP contribution in [0.4, 0.5) is 0 Å². The van der Waals surface area contributed by atoms with Gasteiger partial charge in [-0.15, -0.1) is 0 Å². The Balaban J connectivity index is 0.000000417. The summed E-state index contributed by atoms with van der Waals surface area (Å²) in [5, 5.41) is 19.5. The van der Waals surface area contributed by atoms with E-state index in [1.54, 1.807) is 12.4 Å². The standard InChI is InChI=1S/C20H26O.C2H3N3/c1-19(2,3)14-20(4,5)16-11-12-18(21)17(13-16)15-9-7-6-8-10-15;1-2-4-5-3-1/h6-13,21H,14H2,1-5H3;1-2H,(H,3,4,5). The van der Waals surface area contributed by atoms with Gasteiger partial charge in [-0.1, -0.05) is 71.0 Å². The summed E-state index contributed by atoms with van der Waals surface area (Å²) in [5.74, 6) is 0.344. The Morgan fingerprint density at radius 2 is 1.50 bits per heavy atom. The molecule has 0 unspecified atom stereocenters. The second kappa shape index (κ2) is 8.17. The molecule has 2 N–H and O–H groups in total. The van der Waals surface area contributed by atoms with Crippen LogP contribution < -0.4 is 0 Å². The molecule has 0 aliphatic rings. The Morgan fingerprint density at radius 1 is 0.885 bits per heavy atom. The summed E-state index contributed by atoms with van der Waals surface area (Å²) in [5.41, 5.74) is 3.59. The highest BCUT2D eigenvalue weighted by Crippen LogP contribution is 2.39. The predicted octanol–water partition coefficient (Wildman–Crippen LogP) is 5.58. The van der Waals surface area contributed by atoms with Crippen molar-refractivity contribution >= 4 is 0 Å². The Labute approximate surface area is 156 Å². The van der Waals surface area contributed by atoms with E-state index in [9.17, 15) is 5.11 Å². The summed E-state index contributed by atoms with van der Waals surface area (Å²) in [6.45, 7) is 11.4. The van der Waals surface area contributed by atoms with Gasteiger partial charge in [-0.3, -0.25) is 0 Å². The number of phenolic OH excluding ortho intramolecular Hbond substituents is 1.